The Balaban J connectivity index is 1.38. The minimum atomic E-state index is -0.288. The summed E-state index contributed by atoms with van der Waals surface area (Å²) in [5, 5.41) is 3.62. The molecule has 182 valence electrons. The second kappa shape index (κ2) is 11.3. The summed E-state index contributed by atoms with van der Waals surface area (Å²) >= 11 is 5.90. The second-order valence-corrected chi connectivity index (χ2v) is 9.03. The van der Waals surface area contributed by atoms with Gasteiger partial charge in [-0.3, -0.25) is 4.79 Å². The molecule has 0 fully saturated rings. The zero-order valence-electron chi connectivity index (χ0n) is 20.3. The Morgan fingerprint density at radius 2 is 1.74 bits per heavy atom. The van der Waals surface area contributed by atoms with Crippen molar-refractivity contribution in [3.05, 3.63) is 88.7 Å². The molecule has 35 heavy (non-hydrogen) atoms. The summed E-state index contributed by atoms with van der Waals surface area (Å²) in [6.07, 6.45) is 0.806. The van der Waals surface area contributed by atoms with Crippen LogP contribution in [0.2, 0.25) is 5.02 Å². The van der Waals surface area contributed by atoms with Gasteiger partial charge in [-0.1, -0.05) is 29.8 Å². The lowest BCUT2D eigenvalue weighted by molar-refractivity contribution is -0.123. The Bertz CT molecular complexity index is 1300. The van der Waals surface area contributed by atoms with Crippen molar-refractivity contribution in [1.29, 1.82) is 0 Å². The monoisotopic (exact) mass is 491 g/mol. The third-order valence-corrected chi connectivity index (χ3v) is 6.16. The maximum Gasteiger partial charge on any atom is 0.258 e. The van der Waals surface area contributed by atoms with Gasteiger partial charge in [0.2, 0.25) is 0 Å². The Labute approximate surface area is 210 Å². The molecular formula is C28H30ClN3O3. The van der Waals surface area contributed by atoms with Gasteiger partial charge in [-0.25, -0.2) is 4.98 Å². The number of amides is 1. The lowest BCUT2D eigenvalue weighted by Gasteiger charge is -2.17. The fraction of sp³-hybridized carbons (Fsp3) is 0.286. The Hall–Kier alpha value is -3.51. The summed E-state index contributed by atoms with van der Waals surface area (Å²) in [5.41, 5.74) is 4.40. The fourth-order valence-electron chi connectivity index (χ4n) is 3.90. The van der Waals surface area contributed by atoms with E-state index in [1.165, 1.54) is 11.1 Å². The number of hydrogen-bond donors (Lipinski definition) is 1. The molecule has 1 amide bonds. The normalized spacial score (nSPS) is 11.9. The number of nitrogens with zero attached hydrogens (tertiary/aromatic N) is 2. The Morgan fingerprint density at radius 3 is 2.51 bits per heavy atom. The number of ether oxygens (including phenoxy) is 2. The molecule has 6 nitrogen and oxygen atoms in total. The molecule has 0 aliphatic rings. The van der Waals surface area contributed by atoms with Crippen LogP contribution in [0, 0.1) is 13.8 Å². The molecule has 7 heteroatoms. The molecule has 0 saturated heterocycles. The van der Waals surface area contributed by atoms with Crippen molar-refractivity contribution in [2.75, 3.05) is 13.2 Å². The highest BCUT2D eigenvalue weighted by atomic mass is 35.5. The van der Waals surface area contributed by atoms with Crippen molar-refractivity contribution in [2.45, 2.75) is 39.8 Å². The highest BCUT2D eigenvalue weighted by Gasteiger charge is 2.18. The quantitative estimate of drug-likeness (QED) is 0.275. The maximum absolute atomic E-state index is 12.5. The molecule has 1 heterocycles. The summed E-state index contributed by atoms with van der Waals surface area (Å²) < 4.78 is 13.7. The summed E-state index contributed by atoms with van der Waals surface area (Å²) in [4.78, 5) is 17.3. The highest BCUT2D eigenvalue weighted by molar-refractivity contribution is 6.30. The Morgan fingerprint density at radius 1 is 1.00 bits per heavy atom. The molecule has 1 aromatic heterocycles. The number of hydrogen-bond acceptors (Lipinski definition) is 4. The molecule has 1 unspecified atom stereocenters. The van der Waals surface area contributed by atoms with Crippen LogP contribution in [0.4, 0.5) is 0 Å². The molecule has 4 rings (SSSR count). The number of carbonyl (C=O) groups excluding carboxylic acids is 1. The number of aromatic nitrogens is 2. The van der Waals surface area contributed by atoms with E-state index in [4.69, 9.17) is 26.1 Å². The molecule has 0 aliphatic heterocycles. The predicted molar refractivity (Wildman–Crippen MR) is 139 cm³/mol. The number of para-hydroxylation sites is 2. The van der Waals surface area contributed by atoms with E-state index >= 15 is 0 Å². The molecule has 0 bridgehead atoms. The van der Waals surface area contributed by atoms with Gasteiger partial charge in [0.15, 0.2) is 6.61 Å². The van der Waals surface area contributed by atoms with Crippen molar-refractivity contribution in [3.63, 3.8) is 0 Å². The predicted octanol–water partition coefficient (Wildman–Crippen LogP) is 6.03. The van der Waals surface area contributed by atoms with Crippen LogP contribution >= 0.6 is 11.6 Å². The zero-order chi connectivity index (χ0) is 24.8. The molecule has 0 spiro atoms. The first-order valence-corrected chi connectivity index (χ1v) is 12.1. The number of aryl methyl sites for hydroxylation is 3. The molecule has 4 aromatic rings. The number of fused-ring (bicyclic) bond motifs is 1. The van der Waals surface area contributed by atoms with Gasteiger partial charge in [0.1, 0.15) is 17.3 Å². The standard InChI is InChI=1S/C28H30ClN3O3/c1-19-9-12-24(17-20(19)2)34-16-6-15-32-26-8-5-4-7-25(26)31-28(32)21(3)30-27(33)18-35-23-13-10-22(29)11-14-23/h4-5,7-14,17,21H,6,15-16,18H2,1-3H3,(H,30,33). The van der Waals surface area contributed by atoms with E-state index in [0.29, 0.717) is 17.4 Å². The lowest BCUT2D eigenvalue weighted by atomic mass is 10.1. The van der Waals surface area contributed by atoms with Gasteiger partial charge in [0, 0.05) is 11.6 Å². The number of halogens is 1. The first-order chi connectivity index (χ1) is 16.9. The minimum absolute atomic E-state index is 0.0873. The van der Waals surface area contributed by atoms with Crippen molar-refractivity contribution in [1.82, 2.24) is 14.9 Å². The summed E-state index contributed by atoms with van der Waals surface area (Å²) in [5.74, 6) is 2.06. The molecular weight excluding hydrogens is 462 g/mol. The van der Waals surface area contributed by atoms with Crippen molar-refractivity contribution in [2.24, 2.45) is 0 Å². The molecule has 0 radical (unpaired) electrons. The zero-order valence-corrected chi connectivity index (χ0v) is 21.0. The molecule has 0 saturated carbocycles. The largest absolute Gasteiger partial charge is 0.494 e. The molecule has 0 aliphatic carbocycles. The van der Waals surface area contributed by atoms with E-state index in [1.807, 2.05) is 37.3 Å². The molecule has 1 N–H and O–H groups in total. The van der Waals surface area contributed by atoms with Gasteiger partial charge < -0.3 is 19.4 Å². The number of imidazole rings is 1. The third kappa shape index (κ3) is 6.34. The first kappa shape index (κ1) is 24.6. The topological polar surface area (TPSA) is 65.4 Å². The van der Waals surface area contributed by atoms with E-state index in [0.717, 1.165) is 35.6 Å². The van der Waals surface area contributed by atoms with Crippen molar-refractivity contribution < 1.29 is 14.3 Å². The van der Waals surface area contributed by atoms with E-state index in [9.17, 15) is 4.79 Å². The van der Waals surface area contributed by atoms with E-state index < -0.39 is 0 Å². The van der Waals surface area contributed by atoms with E-state index in [1.54, 1.807) is 24.3 Å². The molecule has 3 aromatic carbocycles. The first-order valence-electron chi connectivity index (χ1n) is 11.7. The van der Waals surface area contributed by atoms with Gasteiger partial charge in [0.25, 0.3) is 5.91 Å². The Kier molecular flexibility index (Phi) is 7.93. The second-order valence-electron chi connectivity index (χ2n) is 8.59. The van der Waals surface area contributed by atoms with Gasteiger partial charge in [-0.15, -0.1) is 0 Å². The van der Waals surface area contributed by atoms with Crippen LogP contribution in [-0.4, -0.2) is 28.7 Å². The van der Waals surface area contributed by atoms with Crippen LogP contribution in [0.25, 0.3) is 11.0 Å². The van der Waals surface area contributed by atoms with Crippen LogP contribution in [0.3, 0.4) is 0 Å². The highest BCUT2D eigenvalue weighted by Crippen LogP contribution is 2.22. The van der Waals surface area contributed by atoms with E-state index in [-0.39, 0.29) is 18.6 Å². The van der Waals surface area contributed by atoms with Crippen molar-refractivity contribution in [3.8, 4) is 11.5 Å². The van der Waals surface area contributed by atoms with Gasteiger partial charge in [-0.05, 0) is 86.8 Å². The average molecular weight is 492 g/mol. The number of nitrogens with one attached hydrogen (secondary N) is 1. The minimum Gasteiger partial charge on any atom is -0.494 e. The summed E-state index contributed by atoms with van der Waals surface area (Å²) in [6.45, 7) is 7.34. The SMILES string of the molecule is Cc1ccc(OCCCn2c(C(C)NC(=O)COc3ccc(Cl)cc3)nc3ccccc32)cc1C. The van der Waals surface area contributed by atoms with Gasteiger partial charge >= 0.3 is 0 Å². The number of benzene rings is 3. The molecule has 1 atom stereocenters. The van der Waals surface area contributed by atoms with Crippen LogP contribution < -0.4 is 14.8 Å². The number of rotatable bonds is 10. The lowest BCUT2D eigenvalue weighted by Crippen LogP contribution is -2.32. The summed E-state index contributed by atoms with van der Waals surface area (Å²) in [7, 11) is 0. The maximum atomic E-state index is 12.5. The number of carbonyl (C=O) groups is 1. The van der Waals surface area contributed by atoms with E-state index in [2.05, 4.69) is 35.9 Å². The summed E-state index contributed by atoms with van der Waals surface area (Å²) in [6, 6.07) is 20.8. The van der Waals surface area contributed by atoms with Crippen LogP contribution in [0.5, 0.6) is 11.5 Å². The average Bonchev–Trinajstić information content (AvgIpc) is 3.22. The fourth-order valence-corrected chi connectivity index (χ4v) is 4.03. The third-order valence-electron chi connectivity index (χ3n) is 5.91. The van der Waals surface area contributed by atoms with Crippen molar-refractivity contribution >= 4 is 28.5 Å². The van der Waals surface area contributed by atoms with Gasteiger partial charge in [0.05, 0.1) is 23.7 Å². The smallest absolute Gasteiger partial charge is 0.258 e. The van der Waals surface area contributed by atoms with Gasteiger partial charge in [-0.2, -0.15) is 0 Å². The van der Waals surface area contributed by atoms with Crippen LogP contribution in [0.15, 0.2) is 66.7 Å². The van der Waals surface area contributed by atoms with Crippen LogP contribution in [-0.2, 0) is 11.3 Å². The van der Waals surface area contributed by atoms with Crippen LogP contribution in [0.1, 0.15) is 36.3 Å².